The van der Waals surface area contributed by atoms with Crippen LogP contribution in [0.15, 0.2) is 106 Å². The standard InChI is InChI=1S/C37H34N4O6.C2HF3O2/c1-45-33-19-28(30(20-34(33)46-2)41-37(44)35-21-31(42)27-8-4-6-10-32(27)47-35)36(43)40-25-13-11-23(12-14-25)15-17-38-18-16-24-22-39-29-9-5-3-7-26(24)29;3-2(4,5)1(6)7/h3-14,19-22,38-39H,15-18H2,1-2H3,(H,40,43)(H,41,44);(H,6,7). The van der Waals surface area contributed by atoms with Crippen LogP contribution < -0.4 is 30.9 Å². The van der Waals surface area contributed by atoms with Gasteiger partial charge in [-0.05, 0) is 73.5 Å². The molecule has 15 heteroatoms. The van der Waals surface area contributed by atoms with Gasteiger partial charge in [0.1, 0.15) is 5.58 Å². The van der Waals surface area contributed by atoms with E-state index in [4.69, 9.17) is 23.8 Å². The predicted molar refractivity (Wildman–Crippen MR) is 197 cm³/mol. The lowest BCUT2D eigenvalue weighted by Gasteiger charge is -2.16. The Labute approximate surface area is 305 Å². The minimum atomic E-state index is -5.08. The normalized spacial score (nSPS) is 11.1. The number of ether oxygens (including phenoxy) is 2. The summed E-state index contributed by atoms with van der Waals surface area (Å²) in [6.45, 7) is 1.69. The van der Waals surface area contributed by atoms with Gasteiger partial charge in [-0.1, -0.05) is 42.5 Å². The highest BCUT2D eigenvalue weighted by Crippen LogP contribution is 2.34. The number of carboxylic acid groups (broad SMARTS) is 1. The Morgan fingerprint density at radius 2 is 1.43 bits per heavy atom. The molecule has 54 heavy (non-hydrogen) atoms. The van der Waals surface area contributed by atoms with E-state index in [1.165, 1.54) is 37.3 Å². The second-order valence-corrected chi connectivity index (χ2v) is 11.7. The number of hydrogen-bond acceptors (Lipinski definition) is 8. The molecule has 2 aromatic heterocycles. The van der Waals surface area contributed by atoms with E-state index in [0.717, 1.165) is 43.1 Å². The smallest absolute Gasteiger partial charge is 0.490 e. The molecule has 0 atom stereocenters. The van der Waals surface area contributed by atoms with Crippen molar-refractivity contribution < 1.29 is 46.6 Å². The molecule has 2 heterocycles. The number of aliphatic carboxylic acids is 1. The maximum atomic E-state index is 13.5. The van der Waals surface area contributed by atoms with E-state index in [-0.39, 0.29) is 28.0 Å². The maximum Gasteiger partial charge on any atom is 0.490 e. The Balaban J connectivity index is 0.000000730. The molecule has 0 bridgehead atoms. The molecule has 12 nitrogen and oxygen atoms in total. The summed E-state index contributed by atoms with van der Waals surface area (Å²) in [7, 11) is 2.91. The lowest BCUT2D eigenvalue weighted by atomic mass is 10.1. The van der Waals surface area contributed by atoms with E-state index in [9.17, 15) is 27.6 Å². The fourth-order valence-corrected chi connectivity index (χ4v) is 5.44. The summed E-state index contributed by atoms with van der Waals surface area (Å²) in [4.78, 5) is 51.5. The third-order valence-electron chi connectivity index (χ3n) is 8.17. The van der Waals surface area contributed by atoms with Crippen LogP contribution in [0.4, 0.5) is 24.5 Å². The molecule has 5 N–H and O–H groups in total. The number of methoxy groups -OCH3 is 2. The van der Waals surface area contributed by atoms with E-state index in [0.29, 0.717) is 22.6 Å². The lowest BCUT2D eigenvalue weighted by molar-refractivity contribution is -0.192. The van der Waals surface area contributed by atoms with Gasteiger partial charge in [0.15, 0.2) is 22.7 Å². The Morgan fingerprint density at radius 1 is 0.796 bits per heavy atom. The average Bonchev–Trinajstić information content (AvgIpc) is 3.57. The fourth-order valence-electron chi connectivity index (χ4n) is 5.44. The number of aromatic amines is 1. The minimum absolute atomic E-state index is 0.127. The van der Waals surface area contributed by atoms with Gasteiger partial charge in [0.2, 0.25) is 0 Å². The number of nitrogens with one attached hydrogen (secondary N) is 4. The van der Waals surface area contributed by atoms with Crippen molar-refractivity contribution in [2.75, 3.05) is 37.9 Å². The first-order valence-electron chi connectivity index (χ1n) is 16.4. The average molecular weight is 745 g/mol. The predicted octanol–water partition coefficient (Wildman–Crippen LogP) is 6.80. The molecule has 2 amide bonds. The highest BCUT2D eigenvalue weighted by atomic mass is 19.4. The first kappa shape index (κ1) is 38.6. The third kappa shape index (κ3) is 9.63. The molecule has 6 aromatic rings. The highest BCUT2D eigenvalue weighted by Gasteiger charge is 2.38. The molecular weight excluding hydrogens is 709 g/mol. The van der Waals surface area contributed by atoms with E-state index < -0.39 is 24.0 Å². The van der Waals surface area contributed by atoms with Crippen molar-refractivity contribution in [2.24, 2.45) is 0 Å². The Kier molecular flexibility index (Phi) is 12.4. The highest BCUT2D eigenvalue weighted by molar-refractivity contribution is 6.12. The van der Waals surface area contributed by atoms with Crippen LogP contribution in [-0.2, 0) is 17.6 Å². The number of hydrogen-bond donors (Lipinski definition) is 5. The molecule has 0 radical (unpaired) electrons. The minimum Gasteiger partial charge on any atom is -0.493 e. The van der Waals surface area contributed by atoms with Crippen LogP contribution in [-0.4, -0.2) is 61.4 Å². The zero-order valence-electron chi connectivity index (χ0n) is 29.0. The number of carboxylic acids is 1. The Morgan fingerprint density at radius 3 is 2.11 bits per heavy atom. The van der Waals surface area contributed by atoms with Gasteiger partial charge in [0, 0.05) is 34.9 Å². The monoisotopic (exact) mass is 744 g/mol. The second-order valence-electron chi connectivity index (χ2n) is 11.7. The van der Waals surface area contributed by atoms with Crippen LogP contribution in [0.1, 0.15) is 32.0 Å². The van der Waals surface area contributed by atoms with Gasteiger partial charge in [-0.3, -0.25) is 14.4 Å². The molecule has 0 aliphatic heterocycles. The number of benzene rings is 4. The van der Waals surface area contributed by atoms with Crippen LogP contribution in [0.3, 0.4) is 0 Å². The number of amides is 2. The molecule has 0 aliphatic rings. The number of alkyl halides is 3. The van der Waals surface area contributed by atoms with E-state index in [1.54, 1.807) is 24.3 Å². The number of carbonyl (C=O) groups excluding carboxylic acids is 2. The molecule has 0 fully saturated rings. The van der Waals surface area contributed by atoms with Crippen molar-refractivity contribution in [3.63, 3.8) is 0 Å². The Bertz CT molecular complexity index is 2340. The quantitative estimate of drug-likeness (QED) is 0.0845. The number of aromatic nitrogens is 1. The van der Waals surface area contributed by atoms with Crippen LogP contribution in [0, 0.1) is 0 Å². The summed E-state index contributed by atoms with van der Waals surface area (Å²) < 4.78 is 48.2. The van der Waals surface area contributed by atoms with Crippen molar-refractivity contribution in [2.45, 2.75) is 19.0 Å². The van der Waals surface area contributed by atoms with Gasteiger partial charge in [-0.2, -0.15) is 13.2 Å². The second kappa shape index (κ2) is 17.3. The van der Waals surface area contributed by atoms with Gasteiger partial charge in [-0.15, -0.1) is 0 Å². The number of para-hydroxylation sites is 2. The lowest BCUT2D eigenvalue weighted by Crippen LogP contribution is -2.21. The maximum absolute atomic E-state index is 13.5. The molecular formula is C39H35F3N4O8. The summed E-state index contributed by atoms with van der Waals surface area (Å²) in [6, 6.07) is 26.7. The van der Waals surface area contributed by atoms with Crippen molar-refractivity contribution in [1.29, 1.82) is 0 Å². The molecule has 0 saturated carbocycles. The molecule has 6 rings (SSSR count). The number of anilines is 2. The Hall–Kier alpha value is -6.61. The van der Waals surface area contributed by atoms with Crippen molar-refractivity contribution in [3.05, 3.63) is 130 Å². The van der Waals surface area contributed by atoms with Crippen LogP contribution in [0.5, 0.6) is 11.5 Å². The third-order valence-corrected chi connectivity index (χ3v) is 8.17. The van der Waals surface area contributed by atoms with Gasteiger partial charge in [0.05, 0.1) is 30.9 Å². The van der Waals surface area contributed by atoms with E-state index in [1.807, 2.05) is 30.3 Å². The summed E-state index contributed by atoms with van der Waals surface area (Å²) in [5.74, 6) is -3.52. The molecule has 0 aliphatic carbocycles. The fraction of sp³-hybridized carbons (Fsp3) is 0.179. The first-order valence-corrected chi connectivity index (χ1v) is 16.4. The van der Waals surface area contributed by atoms with Gasteiger partial charge in [0.25, 0.3) is 11.8 Å². The number of H-pyrrole nitrogens is 1. The van der Waals surface area contributed by atoms with Crippen LogP contribution in [0.2, 0.25) is 0 Å². The van der Waals surface area contributed by atoms with Crippen molar-refractivity contribution in [1.82, 2.24) is 10.3 Å². The summed E-state index contributed by atoms with van der Waals surface area (Å²) in [5.41, 5.74) is 4.35. The number of rotatable bonds is 12. The number of fused-ring (bicyclic) bond motifs is 2. The molecule has 0 spiro atoms. The largest absolute Gasteiger partial charge is 0.493 e. The summed E-state index contributed by atoms with van der Waals surface area (Å²) >= 11 is 0. The van der Waals surface area contributed by atoms with Gasteiger partial charge in [-0.25, -0.2) is 4.79 Å². The zero-order valence-corrected chi connectivity index (χ0v) is 29.0. The van der Waals surface area contributed by atoms with Crippen molar-refractivity contribution >= 4 is 51.0 Å². The van der Waals surface area contributed by atoms with E-state index in [2.05, 4.69) is 45.3 Å². The van der Waals surface area contributed by atoms with Gasteiger partial charge >= 0.3 is 12.1 Å². The SMILES string of the molecule is COc1cc(NC(=O)c2cc(=O)c3ccccc3o2)c(C(=O)Nc2ccc(CCNCCc3c[nH]c4ccccc34)cc2)cc1OC.O=C(O)C(F)(F)F. The van der Waals surface area contributed by atoms with Crippen LogP contribution in [0.25, 0.3) is 21.9 Å². The van der Waals surface area contributed by atoms with Crippen LogP contribution >= 0.6 is 0 Å². The van der Waals surface area contributed by atoms with E-state index >= 15 is 0 Å². The molecule has 0 unspecified atom stereocenters. The molecule has 0 saturated heterocycles. The number of halogens is 3. The zero-order chi connectivity index (χ0) is 38.8. The molecule has 280 valence electrons. The first-order chi connectivity index (χ1) is 25.9. The summed E-state index contributed by atoms with van der Waals surface area (Å²) in [6.07, 6.45) is -1.24. The molecule has 4 aromatic carbocycles. The van der Waals surface area contributed by atoms with Crippen molar-refractivity contribution in [3.8, 4) is 11.5 Å². The number of carbonyl (C=O) groups is 3. The summed E-state index contributed by atoms with van der Waals surface area (Å²) in [5, 5.41) is 17.8. The topological polar surface area (TPSA) is 172 Å². The van der Waals surface area contributed by atoms with Gasteiger partial charge < -0.3 is 39.9 Å².